The van der Waals surface area contributed by atoms with Gasteiger partial charge < -0.3 is 0 Å². The number of nitrogens with zero attached hydrogens (tertiary/aromatic N) is 1. The van der Waals surface area contributed by atoms with Gasteiger partial charge in [-0.1, -0.05) is 46.6 Å². The summed E-state index contributed by atoms with van der Waals surface area (Å²) >= 11 is 19.1. The lowest BCUT2D eigenvalue weighted by Crippen LogP contribution is -1.77. The second-order valence-electron chi connectivity index (χ2n) is 2.99. The van der Waals surface area contributed by atoms with E-state index in [0.717, 1.165) is 9.79 Å². The molecule has 0 saturated heterocycles. The molecule has 16 heavy (non-hydrogen) atoms. The van der Waals surface area contributed by atoms with E-state index in [4.69, 9.17) is 34.8 Å². The zero-order valence-electron chi connectivity index (χ0n) is 7.95. The van der Waals surface area contributed by atoms with E-state index in [-0.39, 0.29) is 0 Å². The molecule has 1 aromatic heterocycles. The highest BCUT2D eigenvalue weighted by Gasteiger charge is 2.02. The fourth-order valence-corrected chi connectivity index (χ4v) is 2.61. The molecule has 0 aliphatic rings. The summed E-state index contributed by atoms with van der Waals surface area (Å²) in [5.74, 6) is 0. The Morgan fingerprint density at radius 2 is 1.62 bits per heavy atom. The van der Waals surface area contributed by atoms with E-state index >= 15 is 0 Å². The Bertz CT molecular complexity index is 516. The van der Waals surface area contributed by atoms with Crippen LogP contribution in [0.2, 0.25) is 15.2 Å². The van der Waals surface area contributed by atoms with E-state index in [0.29, 0.717) is 15.2 Å². The molecule has 82 valence electrons. The summed E-state index contributed by atoms with van der Waals surface area (Å²) in [4.78, 5) is 5.94. The second-order valence-corrected chi connectivity index (χ2v) is 5.34. The molecule has 0 fully saturated rings. The van der Waals surface area contributed by atoms with Crippen molar-refractivity contribution in [2.24, 2.45) is 0 Å². The molecule has 0 saturated carbocycles. The quantitative estimate of drug-likeness (QED) is 0.706. The summed E-state index contributed by atoms with van der Waals surface area (Å²) in [5.41, 5.74) is 0. The average Bonchev–Trinajstić information content (AvgIpc) is 2.24. The third-order valence-electron chi connectivity index (χ3n) is 1.82. The molecule has 0 atom stereocenters. The lowest BCUT2D eigenvalue weighted by atomic mass is 10.4. The molecule has 0 radical (unpaired) electrons. The summed E-state index contributed by atoms with van der Waals surface area (Å²) in [5, 5.41) is 1.58. The third kappa shape index (κ3) is 3.05. The van der Waals surface area contributed by atoms with Gasteiger partial charge in [0.05, 0.1) is 10.0 Å². The molecule has 0 aliphatic carbocycles. The minimum Gasteiger partial charge on any atom is -0.244 e. The maximum Gasteiger partial charge on any atom is 0.130 e. The van der Waals surface area contributed by atoms with Crippen molar-refractivity contribution >= 4 is 46.6 Å². The normalized spacial score (nSPS) is 10.4. The van der Waals surface area contributed by atoms with Crippen LogP contribution in [0.5, 0.6) is 0 Å². The zero-order chi connectivity index (χ0) is 11.5. The lowest BCUT2D eigenvalue weighted by Gasteiger charge is -2.03. The van der Waals surface area contributed by atoms with Crippen LogP contribution < -0.4 is 0 Å². The van der Waals surface area contributed by atoms with Crippen molar-refractivity contribution in [3.63, 3.8) is 0 Å². The number of rotatable bonds is 2. The molecule has 1 aromatic carbocycles. The fraction of sp³-hybridized carbons (Fsp3) is 0. The first-order valence-corrected chi connectivity index (χ1v) is 6.34. The first-order chi connectivity index (χ1) is 7.65. The van der Waals surface area contributed by atoms with Gasteiger partial charge in [0.15, 0.2) is 0 Å². The monoisotopic (exact) mass is 289 g/mol. The summed E-state index contributed by atoms with van der Waals surface area (Å²) in [7, 11) is 0. The van der Waals surface area contributed by atoms with Gasteiger partial charge in [-0.2, -0.15) is 0 Å². The minimum absolute atomic E-state index is 0.477. The largest absolute Gasteiger partial charge is 0.244 e. The van der Waals surface area contributed by atoms with Crippen LogP contribution in [0.3, 0.4) is 0 Å². The van der Waals surface area contributed by atoms with Crippen LogP contribution in [0.25, 0.3) is 0 Å². The van der Waals surface area contributed by atoms with Crippen LogP contribution in [0.1, 0.15) is 0 Å². The number of hydrogen-bond acceptors (Lipinski definition) is 2. The van der Waals surface area contributed by atoms with E-state index in [1.807, 2.05) is 18.2 Å². The topological polar surface area (TPSA) is 12.9 Å². The molecule has 0 N–H and O–H groups in total. The standard InChI is InChI=1S/C11H6Cl3NS/c12-9-2-1-7(5-10(9)13)16-8-3-4-15-11(14)6-8/h1-6H. The van der Waals surface area contributed by atoms with Crippen molar-refractivity contribution in [2.75, 3.05) is 0 Å². The van der Waals surface area contributed by atoms with Gasteiger partial charge in [0.25, 0.3) is 0 Å². The number of aromatic nitrogens is 1. The van der Waals surface area contributed by atoms with Gasteiger partial charge in [0, 0.05) is 16.0 Å². The highest BCUT2D eigenvalue weighted by atomic mass is 35.5. The second kappa shape index (κ2) is 5.28. The van der Waals surface area contributed by atoms with E-state index in [1.54, 1.807) is 30.1 Å². The van der Waals surface area contributed by atoms with Gasteiger partial charge in [-0.25, -0.2) is 4.98 Å². The lowest BCUT2D eigenvalue weighted by molar-refractivity contribution is 1.26. The molecule has 0 unspecified atom stereocenters. The van der Waals surface area contributed by atoms with E-state index in [1.165, 1.54) is 0 Å². The van der Waals surface area contributed by atoms with Gasteiger partial charge >= 0.3 is 0 Å². The first kappa shape index (κ1) is 12.1. The molecule has 0 bridgehead atoms. The summed E-state index contributed by atoms with van der Waals surface area (Å²) in [6, 6.07) is 9.19. The average molecular weight is 291 g/mol. The van der Waals surface area contributed by atoms with Crippen LogP contribution in [0.4, 0.5) is 0 Å². The molecule has 0 spiro atoms. The molecule has 1 heterocycles. The SMILES string of the molecule is Clc1cc(Sc2ccc(Cl)c(Cl)c2)ccn1. The van der Waals surface area contributed by atoms with Crippen molar-refractivity contribution in [3.8, 4) is 0 Å². The number of hydrogen-bond donors (Lipinski definition) is 0. The van der Waals surface area contributed by atoms with Crippen LogP contribution in [-0.4, -0.2) is 4.98 Å². The first-order valence-electron chi connectivity index (χ1n) is 4.39. The molecule has 0 amide bonds. The number of halogens is 3. The van der Waals surface area contributed by atoms with Crippen molar-refractivity contribution in [2.45, 2.75) is 9.79 Å². The number of benzene rings is 1. The van der Waals surface area contributed by atoms with Crippen LogP contribution >= 0.6 is 46.6 Å². The maximum absolute atomic E-state index is 5.93. The summed E-state index contributed by atoms with van der Waals surface area (Å²) in [6.45, 7) is 0. The van der Waals surface area contributed by atoms with Gasteiger partial charge in [0.1, 0.15) is 5.15 Å². The van der Waals surface area contributed by atoms with E-state index in [2.05, 4.69) is 4.98 Å². The maximum atomic E-state index is 5.93. The Hall–Kier alpha value is -0.410. The van der Waals surface area contributed by atoms with Gasteiger partial charge in [-0.3, -0.25) is 0 Å². The predicted octanol–water partition coefficient (Wildman–Crippen LogP) is 5.19. The Labute approximate surface area is 113 Å². The molecule has 2 aromatic rings. The molecule has 1 nitrogen and oxygen atoms in total. The van der Waals surface area contributed by atoms with E-state index in [9.17, 15) is 0 Å². The summed E-state index contributed by atoms with van der Waals surface area (Å²) < 4.78 is 0. The van der Waals surface area contributed by atoms with Gasteiger partial charge in [-0.05, 0) is 30.3 Å². The Morgan fingerprint density at radius 3 is 2.31 bits per heavy atom. The van der Waals surface area contributed by atoms with Crippen molar-refractivity contribution in [3.05, 3.63) is 51.7 Å². The van der Waals surface area contributed by atoms with Crippen LogP contribution in [0, 0.1) is 0 Å². The fourth-order valence-electron chi connectivity index (χ4n) is 1.12. The van der Waals surface area contributed by atoms with Gasteiger partial charge in [0.2, 0.25) is 0 Å². The molecular formula is C11H6Cl3NS. The van der Waals surface area contributed by atoms with Crippen molar-refractivity contribution < 1.29 is 0 Å². The molecule has 5 heteroatoms. The molecular weight excluding hydrogens is 285 g/mol. The van der Waals surface area contributed by atoms with Crippen molar-refractivity contribution in [1.29, 1.82) is 0 Å². The Morgan fingerprint density at radius 1 is 0.875 bits per heavy atom. The van der Waals surface area contributed by atoms with Crippen LogP contribution in [-0.2, 0) is 0 Å². The van der Waals surface area contributed by atoms with Crippen molar-refractivity contribution in [1.82, 2.24) is 4.98 Å². The molecule has 2 rings (SSSR count). The smallest absolute Gasteiger partial charge is 0.130 e. The molecule has 0 aliphatic heterocycles. The predicted molar refractivity (Wildman–Crippen MR) is 69.8 cm³/mol. The Balaban J connectivity index is 2.24. The number of pyridine rings is 1. The van der Waals surface area contributed by atoms with E-state index < -0.39 is 0 Å². The van der Waals surface area contributed by atoms with Gasteiger partial charge in [-0.15, -0.1) is 0 Å². The zero-order valence-corrected chi connectivity index (χ0v) is 11.0. The minimum atomic E-state index is 0.477. The van der Waals surface area contributed by atoms with Crippen LogP contribution in [0.15, 0.2) is 46.3 Å². The Kier molecular flexibility index (Phi) is 3.98. The highest BCUT2D eigenvalue weighted by Crippen LogP contribution is 2.32. The third-order valence-corrected chi connectivity index (χ3v) is 3.75. The summed E-state index contributed by atoms with van der Waals surface area (Å²) in [6.07, 6.45) is 1.67. The highest BCUT2D eigenvalue weighted by molar-refractivity contribution is 7.99.